The van der Waals surface area contributed by atoms with Gasteiger partial charge in [-0.25, -0.2) is 0 Å². The third kappa shape index (κ3) is 2.31. The molecular formula is C14H20N2O2. The van der Waals surface area contributed by atoms with Gasteiger partial charge in [-0.05, 0) is 31.3 Å². The van der Waals surface area contributed by atoms with Crippen molar-refractivity contribution in [2.24, 2.45) is 5.92 Å². The summed E-state index contributed by atoms with van der Waals surface area (Å²) in [6, 6.07) is 8.14. The highest BCUT2D eigenvalue weighted by molar-refractivity contribution is 5.41. The largest absolute Gasteiger partial charge is 0.490 e. The van der Waals surface area contributed by atoms with E-state index >= 15 is 0 Å². The lowest BCUT2D eigenvalue weighted by atomic mass is 9.92. The average molecular weight is 248 g/mol. The fourth-order valence-corrected chi connectivity index (χ4v) is 2.85. The normalized spacial score (nSPS) is 32.2. The molecule has 0 spiro atoms. The van der Waals surface area contributed by atoms with Gasteiger partial charge in [-0.2, -0.15) is 0 Å². The van der Waals surface area contributed by atoms with Crippen molar-refractivity contribution in [3.63, 3.8) is 0 Å². The van der Waals surface area contributed by atoms with Crippen LogP contribution in [0.25, 0.3) is 0 Å². The molecule has 4 heteroatoms. The second-order valence-corrected chi connectivity index (χ2v) is 5.35. The summed E-state index contributed by atoms with van der Waals surface area (Å²) in [6.07, 6.45) is 1.31. The maximum atomic E-state index is 6.11. The van der Waals surface area contributed by atoms with Crippen LogP contribution >= 0.6 is 0 Å². The highest BCUT2D eigenvalue weighted by atomic mass is 16.5. The molecule has 1 aromatic carbocycles. The molecule has 3 aliphatic rings. The Kier molecular flexibility index (Phi) is 3.14. The molecule has 3 heterocycles. The number of rotatable bonds is 2. The molecule has 1 unspecified atom stereocenters. The molecule has 3 saturated heterocycles. The third-order valence-corrected chi connectivity index (χ3v) is 3.99. The summed E-state index contributed by atoms with van der Waals surface area (Å²) in [5.41, 5.74) is 6.45. The van der Waals surface area contributed by atoms with Gasteiger partial charge in [0.1, 0.15) is 11.9 Å². The number of nitrogens with zero attached hydrogens (tertiary/aromatic N) is 1. The number of hydrogen-bond donors (Lipinski definition) is 1. The molecule has 2 bridgehead atoms. The van der Waals surface area contributed by atoms with Crippen molar-refractivity contribution in [3.8, 4) is 5.75 Å². The zero-order chi connectivity index (χ0) is 12.5. The maximum absolute atomic E-state index is 6.11. The zero-order valence-electron chi connectivity index (χ0n) is 10.7. The Labute approximate surface area is 108 Å². The number of fused-ring (bicyclic) bond motifs is 4. The van der Waals surface area contributed by atoms with Crippen molar-refractivity contribution < 1.29 is 9.47 Å². The molecule has 0 aliphatic carbocycles. The Morgan fingerprint density at radius 2 is 2.06 bits per heavy atom. The Hall–Kier alpha value is -1.26. The van der Waals surface area contributed by atoms with Gasteiger partial charge in [0.2, 0.25) is 0 Å². The average Bonchev–Trinajstić information content (AvgIpc) is 2.65. The molecule has 4 nitrogen and oxygen atoms in total. The summed E-state index contributed by atoms with van der Waals surface area (Å²) in [5, 5.41) is 0. The Morgan fingerprint density at radius 1 is 1.28 bits per heavy atom. The van der Waals surface area contributed by atoms with E-state index in [4.69, 9.17) is 15.2 Å². The van der Waals surface area contributed by atoms with Crippen LogP contribution in [0.3, 0.4) is 0 Å². The fourth-order valence-electron chi connectivity index (χ4n) is 2.85. The highest BCUT2D eigenvalue weighted by Gasteiger charge is 2.38. The summed E-state index contributed by atoms with van der Waals surface area (Å²) < 4.78 is 11.8. The number of nitrogens with two attached hydrogens (primary N) is 1. The standard InChI is InChI=1S/C14H20N2O2/c1-16-7-10-8-17-9-12(16)6-14(10)18-13-4-2-11(15)3-5-13/h2-5,10,12,14H,6-9,15H2,1H3/t10?,12-,14-/m0/s1. The van der Waals surface area contributed by atoms with Gasteiger partial charge in [-0.15, -0.1) is 0 Å². The van der Waals surface area contributed by atoms with E-state index in [1.165, 1.54) is 0 Å². The SMILES string of the molecule is CN1CC2COC[C@@H]1C[C@@H]2Oc1ccc(N)cc1. The number of piperidine rings is 1. The molecule has 0 radical (unpaired) electrons. The molecular weight excluding hydrogens is 228 g/mol. The van der Waals surface area contributed by atoms with Gasteiger partial charge in [-0.1, -0.05) is 0 Å². The van der Waals surface area contributed by atoms with Crippen LogP contribution in [0.1, 0.15) is 6.42 Å². The first-order valence-corrected chi connectivity index (χ1v) is 6.52. The molecule has 3 aliphatic heterocycles. The second kappa shape index (κ2) is 4.78. The summed E-state index contributed by atoms with van der Waals surface area (Å²) in [5.74, 6) is 1.37. The van der Waals surface area contributed by atoms with E-state index in [1.807, 2.05) is 24.3 Å². The topological polar surface area (TPSA) is 47.7 Å². The van der Waals surface area contributed by atoms with Crippen LogP contribution in [-0.4, -0.2) is 43.9 Å². The van der Waals surface area contributed by atoms with Crippen molar-refractivity contribution in [3.05, 3.63) is 24.3 Å². The first kappa shape index (κ1) is 11.8. The minimum atomic E-state index is 0.261. The molecule has 0 saturated carbocycles. The summed E-state index contributed by atoms with van der Waals surface area (Å²) >= 11 is 0. The van der Waals surface area contributed by atoms with Crippen LogP contribution in [0.15, 0.2) is 24.3 Å². The van der Waals surface area contributed by atoms with Gasteiger partial charge >= 0.3 is 0 Å². The minimum absolute atomic E-state index is 0.261. The van der Waals surface area contributed by atoms with Crippen molar-refractivity contribution in [2.45, 2.75) is 18.6 Å². The lowest BCUT2D eigenvalue weighted by molar-refractivity contribution is 0.0392. The van der Waals surface area contributed by atoms with Crippen molar-refractivity contribution >= 4 is 5.69 Å². The van der Waals surface area contributed by atoms with Gasteiger partial charge < -0.3 is 20.1 Å². The molecule has 18 heavy (non-hydrogen) atoms. The van der Waals surface area contributed by atoms with Crippen LogP contribution in [0.4, 0.5) is 5.69 Å². The summed E-state index contributed by atoms with van der Waals surface area (Å²) in [7, 11) is 2.17. The van der Waals surface area contributed by atoms with Crippen LogP contribution in [0, 0.1) is 5.92 Å². The van der Waals surface area contributed by atoms with E-state index in [0.29, 0.717) is 12.0 Å². The van der Waals surface area contributed by atoms with Gasteiger partial charge in [0, 0.05) is 30.6 Å². The highest BCUT2D eigenvalue weighted by Crippen LogP contribution is 2.29. The minimum Gasteiger partial charge on any atom is -0.490 e. The zero-order valence-corrected chi connectivity index (χ0v) is 10.7. The lowest BCUT2D eigenvalue weighted by Crippen LogP contribution is -2.49. The molecule has 3 fully saturated rings. The fraction of sp³-hybridized carbons (Fsp3) is 0.571. The quantitative estimate of drug-likeness (QED) is 0.803. The van der Waals surface area contributed by atoms with Crippen LogP contribution in [0.2, 0.25) is 0 Å². The predicted octanol–water partition coefficient (Wildman–Crippen LogP) is 1.37. The smallest absolute Gasteiger partial charge is 0.119 e. The number of benzene rings is 1. The molecule has 3 atom stereocenters. The van der Waals surface area contributed by atoms with Crippen LogP contribution in [0.5, 0.6) is 5.75 Å². The van der Waals surface area contributed by atoms with E-state index in [9.17, 15) is 0 Å². The van der Waals surface area contributed by atoms with Crippen LogP contribution < -0.4 is 10.5 Å². The third-order valence-electron chi connectivity index (χ3n) is 3.99. The molecule has 2 N–H and O–H groups in total. The summed E-state index contributed by atoms with van der Waals surface area (Å²) in [4.78, 5) is 2.39. The maximum Gasteiger partial charge on any atom is 0.119 e. The first-order valence-electron chi connectivity index (χ1n) is 6.52. The number of nitrogen functional groups attached to an aromatic ring is 1. The van der Waals surface area contributed by atoms with Gasteiger partial charge in [0.05, 0.1) is 13.2 Å². The Balaban J connectivity index is 1.71. The van der Waals surface area contributed by atoms with E-state index in [0.717, 1.165) is 37.6 Å². The first-order chi connectivity index (χ1) is 8.72. The summed E-state index contributed by atoms with van der Waals surface area (Å²) in [6.45, 7) is 2.69. The van der Waals surface area contributed by atoms with E-state index in [2.05, 4.69) is 11.9 Å². The van der Waals surface area contributed by atoms with Crippen LogP contribution in [-0.2, 0) is 4.74 Å². The van der Waals surface area contributed by atoms with E-state index in [-0.39, 0.29) is 6.10 Å². The molecule has 0 amide bonds. The van der Waals surface area contributed by atoms with Crippen molar-refractivity contribution in [2.75, 3.05) is 32.5 Å². The lowest BCUT2D eigenvalue weighted by Gasteiger charge is -2.38. The molecule has 4 rings (SSSR count). The number of hydrogen-bond acceptors (Lipinski definition) is 4. The molecule has 1 aromatic rings. The van der Waals surface area contributed by atoms with Gasteiger partial charge in [0.25, 0.3) is 0 Å². The van der Waals surface area contributed by atoms with Crippen molar-refractivity contribution in [1.29, 1.82) is 0 Å². The van der Waals surface area contributed by atoms with Gasteiger partial charge in [0.15, 0.2) is 0 Å². The molecule has 0 aromatic heterocycles. The monoisotopic (exact) mass is 248 g/mol. The van der Waals surface area contributed by atoms with Gasteiger partial charge in [-0.3, -0.25) is 0 Å². The number of anilines is 1. The molecule has 98 valence electrons. The second-order valence-electron chi connectivity index (χ2n) is 5.35. The van der Waals surface area contributed by atoms with Crippen molar-refractivity contribution in [1.82, 2.24) is 4.90 Å². The number of likely N-dealkylation sites (N-methyl/N-ethyl adjacent to an activating group) is 1. The Morgan fingerprint density at radius 3 is 2.83 bits per heavy atom. The van der Waals surface area contributed by atoms with E-state index < -0.39 is 0 Å². The van der Waals surface area contributed by atoms with E-state index in [1.54, 1.807) is 0 Å². The Bertz CT molecular complexity index is 407. The number of ether oxygens (including phenoxy) is 2. The predicted molar refractivity (Wildman–Crippen MR) is 70.6 cm³/mol.